The van der Waals surface area contributed by atoms with Crippen molar-refractivity contribution >= 4 is 27.6 Å². The summed E-state index contributed by atoms with van der Waals surface area (Å²) in [6, 6.07) is 7.77. The predicted molar refractivity (Wildman–Crippen MR) is 77.7 cm³/mol. The van der Waals surface area contributed by atoms with Crippen molar-refractivity contribution in [1.82, 2.24) is 0 Å². The number of anilines is 1. The molecule has 0 aliphatic carbocycles. The van der Waals surface area contributed by atoms with E-state index < -0.39 is 5.54 Å². The van der Waals surface area contributed by atoms with Gasteiger partial charge in [-0.3, -0.25) is 0 Å². The number of nitrogens with one attached hydrogen (secondary N) is 1. The molecule has 0 saturated heterocycles. The molecule has 0 amide bonds. The Labute approximate surface area is 117 Å². The van der Waals surface area contributed by atoms with Crippen LogP contribution in [0.3, 0.4) is 0 Å². The number of hydrogen-bond acceptors (Lipinski definition) is 3. The molecule has 1 rings (SSSR count). The largest absolute Gasteiger partial charge is 0.464 e. The molecule has 0 spiro atoms. The summed E-state index contributed by atoms with van der Waals surface area (Å²) in [4.78, 5) is 12.0. The fourth-order valence-corrected chi connectivity index (χ4v) is 2.12. The number of carbonyl (C=O) groups excluding carboxylic acids is 1. The predicted octanol–water partition coefficient (Wildman–Crippen LogP) is 3.98. The Morgan fingerprint density at radius 1 is 1.33 bits per heavy atom. The van der Waals surface area contributed by atoms with Gasteiger partial charge in [0.05, 0.1) is 6.61 Å². The lowest BCUT2D eigenvalue weighted by atomic mass is 9.95. The lowest BCUT2D eigenvalue weighted by molar-refractivity contribution is -0.148. The third-order valence-electron chi connectivity index (χ3n) is 2.74. The molecule has 0 aliphatic rings. The van der Waals surface area contributed by atoms with Crippen molar-refractivity contribution in [3.05, 3.63) is 28.7 Å². The molecule has 0 bridgehead atoms. The molecule has 4 heteroatoms. The Kier molecular flexibility index (Phi) is 5.66. The number of carbonyl (C=O) groups is 1. The van der Waals surface area contributed by atoms with Crippen molar-refractivity contribution in [3.63, 3.8) is 0 Å². The van der Waals surface area contributed by atoms with Crippen molar-refractivity contribution in [1.29, 1.82) is 0 Å². The number of benzene rings is 1. The number of ether oxygens (including phenoxy) is 1. The third-order valence-corrected chi connectivity index (χ3v) is 3.27. The normalized spacial score (nSPS) is 13.8. The van der Waals surface area contributed by atoms with Gasteiger partial charge in [-0.15, -0.1) is 0 Å². The van der Waals surface area contributed by atoms with Crippen LogP contribution in [0.1, 0.15) is 33.6 Å². The maximum atomic E-state index is 12.0. The van der Waals surface area contributed by atoms with E-state index in [1.807, 2.05) is 38.1 Å². The molecule has 100 valence electrons. The molecule has 1 unspecified atom stereocenters. The van der Waals surface area contributed by atoms with Gasteiger partial charge < -0.3 is 10.1 Å². The van der Waals surface area contributed by atoms with E-state index >= 15 is 0 Å². The first-order valence-electron chi connectivity index (χ1n) is 6.23. The maximum absolute atomic E-state index is 12.0. The van der Waals surface area contributed by atoms with Gasteiger partial charge in [-0.05, 0) is 44.5 Å². The van der Waals surface area contributed by atoms with E-state index in [9.17, 15) is 4.79 Å². The van der Waals surface area contributed by atoms with E-state index in [2.05, 4.69) is 28.2 Å². The van der Waals surface area contributed by atoms with E-state index in [1.165, 1.54) is 0 Å². The number of rotatable bonds is 6. The van der Waals surface area contributed by atoms with Crippen LogP contribution in [0.15, 0.2) is 28.7 Å². The second kappa shape index (κ2) is 6.78. The second-order valence-electron chi connectivity index (χ2n) is 4.43. The van der Waals surface area contributed by atoms with E-state index in [0.29, 0.717) is 6.61 Å². The maximum Gasteiger partial charge on any atom is 0.331 e. The molecule has 0 heterocycles. The summed E-state index contributed by atoms with van der Waals surface area (Å²) in [5.74, 6) is -0.199. The van der Waals surface area contributed by atoms with Crippen LogP contribution in [0.5, 0.6) is 0 Å². The van der Waals surface area contributed by atoms with Crippen LogP contribution >= 0.6 is 15.9 Å². The molecule has 0 radical (unpaired) electrons. The quantitative estimate of drug-likeness (QED) is 0.807. The first-order valence-corrected chi connectivity index (χ1v) is 7.02. The highest BCUT2D eigenvalue weighted by Crippen LogP contribution is 2.23. The zero-order chi connectivity index (χ0) is 13.6. The molecule has 1 aromatic carbocycles. The highest BCUT2D eigenvalue weighted by molar-refractivity contribution is 9.10. The van der Waals surface area contributed by atoms with Gasteiger partial charge in [0.1, 0.15) is 5.54 Å². The lowest BCUT2D eigenvalue weighted by Crippen LogP contribution is -2.44. The van der Waals surface area contributed by atoms with Gasteiger partial charge in [0.2, 0.25) is 0 Å². The first kappa shape index (κ1) is 15.0. The summed E-state index contributed by atoms with van der Waals surface area (Å²) in [7, 11) is 0. The molecule has 1 atom stereocenters. The number of halogens is 1. The average molecular weight is 314 g/mol. The summed E-state index contributed by atoms with van der Waals surface area (Å²) < 4.78 is 6.16. The van der Waals surface area contributed by atoms with Gasteiger partial charge in [-0.2, -0.15) is 0 Å². The molecule has 1 aromatic rings. The van der Waals surface area contributed by atoms with Crippen molar-refractivity contribution in [3.8, 4) is 0 Å². The first-order chi connectivity index (χ1) is 8.51. The fourth-order valence-electron chi connectivity index (χ4n) is 1.86. The zero-order valence-electron chi connectivity index (χ0n) is 11.1. The Hall–Kier alpha value is -1.03. The van der Waals surface area contributed by atoms with Crippen molar-refractivity contribution in [2.24, 2.45) is 0 Å². The van der Waals surface area contributed by atoms with Crippen LogP contribution in [0.4, 0.5) is 5.69 Å². The Morgan fingerprint density at radius 3 is 2.44 bits per heavy atom. The number of hydrogen-bond donors (Lipinski definition) is 1. The smallest absolute Gasteiger partial charge is 0.331 e. The second-order valence-corrected chi connectivity index (χ2v) is 5.35. The molecule has 1 N–H and O–H groups in total. The SMILES string of the molecule is CCCC(C)(Nc1ccc(Br)cc1)C(=O)OCC. The van der Waals surface area contributed by atoms with Gasteiger partial charge in [0.25, 0.3) is 0 Å². The van der Waals surface area contributed by atoms with Crippen LogP contribution in [-0.4, -0.2) is 18.1 Å². The minimum Gasteiger partial charge on any atom is -0.464 e. The number of esters is 1. The summed E-state index contributed by atoms with van der Waals surface area (Å²) >= 11 is 3.39. The summed E-state index contributed by atoms with van der Waals surface area (Å²) in [6.07, 6.45) is 1.65. The summed E-state index contributed by atoms with van der Waals surface area (Å²) in [5.41, 5.74) is 0.251. The zero-order valence-corrected chi connectivity index (χ0v) is 12.7. The van der Waals surface area contributed by atoms with E-state index in [0.717, 1.165) is 23.0 Å². The van der Waals surface area contributed by atoms with E-state index in [1.54, 1.807) is 0 Å². The minimum absolute atomic E-state index is 0.199. The van der Waals surface area contributed by atoms with Crippen LogP contribution in [0, 0.1) is 0 Å². The van der Waals surface area contributed by atoms with E-state index in [4.69, 9.17) is 4.74 Å². The Bertz CT molecular complexity index is 391. The Morgan fingerprint density at radius 2 is 1.94 bits per heavy atom. The van der Waals surface area contributed by atoms with Crippen molar-refractivity contribution < 1.29 is 9.53 Å². The van der Waals surface area contributed by atoms with Crippen LogP contribution in [0.25, 0.3) is 0 Å². The molecule has 3 nitrogen and oxygen atoms in total. The molecule has 0 aliphatic heterocycles. The third kappa shape index (κ3) is 4.02. The van der Waals surface area contributed by atoms with E-state index in [-0.39, 0.29) is 5.97 Å². The highest BCUT2D eigenvalue weighted by Gasteiger charge is 2.33. The molecule has 0 fully saturated rings. The minimum atomic E-state index is -0.668. The van der Waals surface area contributed by atoms with Crippen molar-refractivity contribution in [2.45, 2.75) is 39.2 Å². The Balaban J connectivity index is 2.84. The molecular formula is C14H20BrNO2. The standard InChI is InChI=1S/C14H20BrNO2/c1-4-10-14(3,13(17)18-5-2)16-12-8-6-11(15)7-9-12/h6-9,16H,4-5,10H2,1-3H3. The van der Waals surface area contributed by atoms with Crippen LogP contribution < -0.4 is 5.32 Å². The highest BCUT2D eigenvalue weighted by atomic mass is 79.9. The topological polar surface area (TPSA) is 38.3 Å². The lowest BCUT2D eigenvalue weighted by Gasteiger charge is -2.29. The summed E-state index contributed by atoms with van der Waals surface area (Å²) in [6.45, 7) is 6.17. The molecular weight excluding hydrogens is 294 g/mol. The summed E-state index contributed by atoms with van der Waals surface area (Å²) in [5, 5.41) is 3.27. The molecule has 0 saturated carbocycles. The van der Waals surface area contributed by atoms with Crippen molar-refractivity contribution in [2.75, 3.05) is 11.9 Å². The van der Waals surface area contributed by atoms with Gasteiger partial charge in [-0.25, -0.2) is 4.79 Å². The van der Waals surface area contributed by atoms with Gasteiger partial charge in [0, 0.05) is 10.2 Å². The van der Waals surface area contributed by atoms with Crippen LogP contribution in [0.2, 0.25) is 0 Å². The fraction of sp³-hybridized carbons (Fsp3) is 0.500. The molecule has 0 aromatic heterocycles. The van der Waals surface area contributed by atoms with Crippen LogP contribution in [-0.2, 0) is 9.53 Å². The molecule has 18 heavy (non-hydrogen) atoms. The van der Waals surface area contributed by atoms with Gasteiger partial charge >= 0.3 is 5.97 Å². The monoisotopic (exact) mass is 313 g/mol. The van der Waals surface area contributed by atoms with Gasteiger partial charge in [0.15, 0.2) is 0 Å². The average Bonchev–Trinajstić information content (AvgIpc) is 2.33. The van der Waals surface area contributed by atoms with Gasteiger partial charge in [-0.1, -0.05) is 29.3 Å².